The van der Waals surface area contributed by atoms with Gasteiger partial charge in [0.2, 0.25) is 10.0 Å². The zero-order valence-electron chi connectivity index (χ0n) is 13.0. The molecule has 1 unspecified atom stereocenters. The fraction of sp³-hybridized carbons (Fsp3) is 0.625. The molecule has 1 saturated heterocycles. The van der Waals surface area contributed by atoms with Crippen LogP contribution in [0.15, 0.2) is 29.2 Å². The normalized spacial score (nSPS) is 20.6. The van der Waals surface area contributed by atoms with E-state index >= 15 is 0 Å². The molecule has 1 aromatic rings. The Balaban J connectivity index is 2.03. The van der Waals surface area contributed by atoms with E-state index in [-0.39, 0.29) is 6.04 Å². The first-order chi connectivity index (χ1) is 10.0. The molecule has 1 atom stereocenters. The van der Waals surface area contributed by atoms with E-state index in [2.05, 4.69) is 23.5 Å². The molecule has 1 aromatic carbocycles. The van der Waals surface area contributed by atoms with E-state index in [1.165, 1.54) is 5.56 Å². The fourth-order valence-corrected chi connectivity index (χ4v) is 4.11. The van der Waals surface area contributed by atoms with Crippen LogP contribution < -0.4 is 4.72 Å². The monoisotopic (exact) mass is 310 g/mol. The number of piperidine rings is 1. The molecule has 0 aromatic heterocycles. The standard InChI is InChI=1S/C16H26N2O2S/c1-3-6-14-8-10-16(11-9-14)21(19,20)17-15-7-5-12-18(4-2)13-15/h8-11,15,17H,3-7,12-13H2,1-2H3. The molecule has 4 nitrogen and oxygen atoms in total. The molecule has 21 heavy (non-hydrogen) atoms. The molecule has 1 fully saturated rings. The Kier molecular flexibility index (Phi) is 5.79. The number of likely N-dealkylation sites (tertiary alicyclic amines) is 1. The van der Waals surface area contributed by atoms with Crippen LogP contribution in [0.1, 0.15) is 38.7 Å². The Morgan fingerprint density at radius 2 is 1.95 bits per heavy atom. The molecule has 0 radical (unpaired) electrons. The van der Waals surface area contributed by atoms with Gasteiger partial charge in [0.1, 0.15) is 0 Å². The van der Waals surface area contributed by atoms with Crippen LogP contribution in [0.5, 0.6) is 0 Å². The number of nitrogens with zero attached hydrogens (tertiary/aromatic N) is 1. The van der Waals surface area contributed by atoms with Crippen molar-refractivity contribution in [2.24, 2.45) is 0 Å². The first-order valence-corrected chi connectivity index (χ1v) is 9.37. The zero-order chi connectivity index (χ0) is 15.3. The first-order valence-electron chi connectivity index (χ1n) is 7.88. The molecule has 1 aliphatic heterocycles. The largest absolute Gasteiger partial charge is 0.302 e. The summed E-state index contributed by atoms with van der Waals surface area (Å²) >= 11 is 0. The van der Waals surface area contributed by atoms with Gasteiger partial charge in [-0.2, -0.15) is 0 Å². The second-order valence-corrected chi connectivity index (χ2v) is 7.46. The first kappa shape index (κ1) is 16.5. The lowest BCUT2D eigenvalue weighted by atomic mass is 10.1. The summed E-state index contributed by atoms with van der Waals surface area (Å²) < 4.78 is 27.7. The maximum atomic E-state index is 12.4. The van der Waals surface area contributed by atoms with Crippen molar-refractivity contribution in [2.75, 3.05) is 19.6 Å². The smallest absolute Gasteiger partial charge is 0.240 e. The highest BCUT2D eigenvalue weighted by Gasteiger charge is 2.24. The van der Waals surface area contributed by atoms with Gasteiger partial charge in [0.25, 0.3) is 0 Å². The number of likely N-dealkylation sites (N-methyl/N-ethyl adjacent to an activating group) is 1. The van der Waals surface area contributed by atoms with Crippen LogP contribution in [0.2, 0.25) is 0 Å². The van der Waals surface area contributed by atoms with E-state index in [0.717, 1.165) is 45.3 Å². The van der Waals surface area contributed by atoms with Gasteiger partial charge in [-0.05, 0) is 50.0 Å². The van der Waals surface area contributed by atoms with Gasteiger partial charge in [0.05, 0.1) is 4.90 Å². The van der Waals surface area contributed by atoms with Gasteiger partial charge in [-0.1, -0.05) is 32.4 Å². The van der Waals surface area contributed by atoms with Gasteiger partial charge in [-0.25, -0.2) is 13.1 Å². The van der Waals surface area contributed by atoms with Crippen LogP contribution in [0, 0.1) is 0 Å². The molecule has 0 saturated carbocycles. The number of hydrogen-bond acceptors (Lipinski definition) is 3. The maximum absolute atomic E-state index is 12.4. The van der Waals surface area contributed by atoms with Gasteiger partial charge >= 0.3 is 0 Å². The highest BCUT2D eigenvalue weighted by Crippen LogP contribution is 2.15. The van der Waals surface area contributed by atoms with E-state index in [1.54, 1.807) is 12.1 Å². The maximum Gasteiger partial charge on any atom is 0.240 e. The van der Waals surface area contributed by atoms with Crippen LogP contribution in [0.25, 0.3) is 0 Å². The summed E-state index contributed by atoms with van der Waals surface area (Å²) in [7, 11) is -3.40. The lowest BCUT2D eigenvalue weighted by Crippen LogP contribution is -2.47. The second kappa shape index (κ2) is 7.38. The van der Waals surface area contributed by atoms with E-state index in [0.29, 0.717) is 4.90 Å². The molecule has 0 bridgehead atoms. The Morgan fingerprint density at radius 1 is 1.24 bits per heavy atom. The number of nitrogens with one attached hydrogen (secondary N) is 1. The molecule has 1 aliphatic rings. The molecule has 0 aliphatic carbocycles. The van der Waals surface area contributed by atoms with Crippen molar-refractivity contribution in [3.63, 3.8) is 0 Å². The summed E-state index contributed by atoms with van der Waals surface area (Å²) in [4.78, 5) is 2.66. The molecule has 1 N–H and O–H groups in total. The molecule has 118 valence electrons. The zero-order valence-corrected chi connectivity index (χ0v) is 13.8. The van der Waals surface area contributed by atoms with Gasteiger partial charge in [0.15, 0.2) is 0 Å². The molecular weight excluding hydrogens is 284 g/mol. The van der Waals surface area contributed by atoms with Crippen molar-refractivity contribution in [1.29, 1.82) is 0 Å². The lowest BCUT2D eigenvalue weighted by Gasteiger charge is -2.32. The molecule has 0 spiro atoms. The molecular formula is C16H26N2O2S. The topological polar surface area (TPSA) is 49.4 Å². The molecule has 2 rings (SSSR count). The fourth-order valence-electron chi connectivity index (χ4n) is 2.85. The van der Waals surface area contributed by atoms with Crippen LogP contribution in [-0.2, 0) is 16.4 Å². The van der Waals surface area contributed by atoms with Gasteiger partial charge in [-0.15, -0.1) is 0 Å². The van der Waals surface area contributed by atoms with Crippen molar-refractivity contribution in [3.05, 3.63) is 29.8 Å². The second-order valence-electron chi connectivity index (χ2n) is 5.75. The minimum atomic E-state index is -3.40. The minimum absolute atomic E-state index is 0.0269. The van der Waals surface area contributed by atoms with Crippen LogP contribution in [0.4, 0.5) is 0 Å². The molecule has 0 amide bonds. The summed E-state index contributed by atoms with van der Waals surface area (Å²) in [6.07, 6.45) is 4.03. The number of hydrogen-bond donors (Lipinski definition) is 1. The molecule has 1 heterocycles. The third-order valence-corrected chi connectivity index (χ3v) is 5.58. The van der Waals surface area contributed by atoms with E-state index in [9.17, 15) is 8.42 Å². The number of aryl methyl sites for hydroxylation is 1. The Bertz CT molecular complexity index is 540. The average molecular weight is 310 g/mol. The summed E-state index contributed by atoms with van der Waals surface area (Å²) in [5.74, 6) is 0. The van der Waals surface area contributed by atoms with Crippen LogP contribution >= 0.6 is 0 Å². The summed E-state index contributed by atoms with van der Waals surface area (Å²) in [5, 5.41) is 0. The van der Waals surface area contributed by atoms with E-state index < -0.39 is 10.0 Å². The Hall–Kier alpha value is -0.910. The van der Waals surface area contributed by atoms with Crippen molar-refractivity contribution in [2.45, 2.75) is 50.5 Å². The predicted octanol–water partition coefficient (Wildman–Crippen LogP) is 2.40. The lowest BCUT2D eigenvalue weighted by molar-refractivity contribution is 0.211. The van der Waals surface area contributed by atoms with Gasteiger partial charge < -0.3 is 4.90 Å². The van der Waals surface area contributed by atoms with E-state index in [1.807, 2.05) is 12.1 Å². The highest BCUT2D eigenvalue weighted by atomic mass is 32.2. The molecule has 5 heteroatoms. The number of rotatable bonds is 6. The summed E-state index contributed by atoms with van der Waals surface area (Å²) in [6.45, 7) is 7.09. The highest BCUT2D eigenvalue weighted by molar-refractivity contribution is 7.89. The van der Waals surface area contributed by atoms with Gasteiger partial charge in [-0.3, -0.25) is 0 Å². The quantitative estimate of drug-likeness (QED) is 0.878. The third kappa shape index (κ3) is 4.53. The van der Waals surface area contributed by atoms with Crippen molar-refractivity contribution in [1.82, 2.24) is 9.62 Å². The van der Waals surface area contributed by atoms with Crippen molar-refractivity contribution >= 4 is 10.0 Å². The average Bonchev–Trinajstić information content (AvgIpc) is 2.48. The van der Waals surface area contributed by atoms with Gasteiger partial charge in [0, 0.05) is 12.6 Å². The van der Waals surface area contributed by atoms with E-state index in [4.69, 9.17) is 0 Å². The SMILES string of the molecule is CCCc1ccc(S(=O)(=O)NC2CCCN(CC)C2)cc1. The Morgan fingerprint density at radius 3 is 2.57 bits per heavy atom. The summed E-state index contributed by atoms with van der Waals surface area (Å²) in [6, 6.07) is 7.29. The number of benzene rings is 1. The van der Waals surface area contributed by atoms with Crippen LogP contribution in [0.3, 0.4) is 0 Å². The number of sulfonamides is 1. The minimum Gasteiger partial charge on any atom is -0.302 e. The van der Waals surface area contributed by atoms with Crippen LogP contribution in [-0.4, -0.2) is 39.0 Å². The third-order valence-electron chi connectivity index (χ3n) is 4.05. The van der Waals surface area contributed by atoms with Crippen molar-refractivity contribution in [3.8, 4) is 0 Å². The summed E-state index contributed by atoms with van der Waals surface area (Å²) in [5.41, 5.74) is 1.19. The Labute approximate surface area is 128 Å². The van der Waals surface area contributed by atoms with Crippen molar-refractivity contribution < 1.29 is 8.42 Å². The predicted molar refractivity (Wildman–Crippen MR) is 85.9 cm³/mol.